The molecular weight excluding hydrogens is 887 g/mol. The quantitative estimate of drug-likeness (QED) is 0.147. The van der Waals surface area contributed by atoms with Crippen LogP contribution >= 0.6 is 11.3 Å². The molecule has 0 saturated heterocycles. The lowest BCUT2D eigenvalue weighted by Crippen LogP contribution is -2.28. The number of anilines is 3. The van der Waals surface area contributed by atoms with Crippen LogP contribution in [-0.4, -0.2) is 0 Å². The number of nitrogens with zero attached hydrogens (tertiary/aromatic N) is 1. The predicted octanol–water partition coefficient (Wildman–Crippen LogP) is 19.2. The zero-order valence-corrected chi connectivity index (χ0v) is 41.0. The fourth-order valence-corrected chi connectivity index (χ4v) is 13.6. The maximum atomic E-state index is 2.53. The summed E-state index contributed by atoms with van der Waals surface area (Å²) >= 11 is 1.88. The Bertz CT molecular complexity index is 4000. The van der Waals surface area contributed by atoms with E-state index in [9.17, 15) is 0 Å². The van der Waals surface area contributed by atoms with Crippen molar-refractivity contribution in [1.29, 1.82) is 0 Å². The number of rotatable bonds is 8. The number of fused-ring (bicyclic) bond motifs is 9. The van der Waals surface area contributed by atoms with E-state index in [-0.39, 0.29) is 5.41 Å². The van der Waals surface area contributed by atoms with E-state index in [2.05, 4.69) is 280 Å². The van der Waals surface area contributed by atoms with Crippen molar-refractivity contribution in [3.8, 4) is 55.6 Å². The van der Waals surface area contributed by atoms with Crippen LogP contribution in [0.3, 0.4) is 0 Å². The Hall–Kier alpha value is -8.56. The van der Waals surface area contributed by atoms with Crippen LogP contribution in [0.15, 0.2) is 261 Å². The molecule has 0 aliphatic heterocycles. The minimum Gasteiger partial charge on any atom is -0.310 e. The van der Waals surface area contributed by atoms with Gasteiger partial charge in [0.1, 0.15) is 0 Å². The van der Waals surface area contributed by atoms with Crippen molar-refractivity contribution in [3.05, 3.63) is 294 Å². The van der Waals surface area contributed by atoms with Gasteiger partial charge in [0.25, 0.3) is 0 Å². The van der Waals surface area contributed by atoms with Crippen LogP contribution in [0.5, 0.6) is 0 Å². The monoisotopic (exact) mass is 935 g/mol. The fraction of sp³-hybridized carbons (Fsp3) is 0.0571. The molecule has 0 amide bonds. The minimum absolute atomic E-state index is 0.250. The second-order valence-corrected chi connectivity index (χ2v) is 21.0. The van der Waals surface area contributed by atoms with Gasteiger partial charge in [-0.2, -0.15) is 0 Å². The maximum absolute atomic E-state index is 2.53. The highest BCUT2D eigenvalue weighted by molar-refractivity contribution is 7.26. The van der Waals surface area contributed by atoms with Crippen LogP contribution in [0.25, 0.3) is 75.8 Å². The van der Waals surface area contributed by atoms with Crippen LogP contribution in [-0.2, 0) is 10.8 Å². The van der Waals surface area contributed by atoms with Gasteiger partial charge in [0, 0.05) is 42.5 Å². The lowest BCUT2D eigenvalue weighted by Gasteiger charge is -2.34. The largest absolute Gasteiger partial charge is 0.310 e. The Kier molecular flexibility index (Phi) is 9.71. The first-order valence-corrected chi connectivity index (χ1v) is 25.9. The molecule has 1 heterocycles. The molecule has 0 N–H and O–H groups in total. The molecule has 0 radical (unpaired) electrons. The number of thiophene rings is 1. The van der Waals surface area contributed by atoms with E-state index >= 15 is 0 Å². The Labute approximate surface area is 425 Å². The predicted molar refractivity (Wildman–Crippen MR) is 305 cm³/mol. The van der Waals surface area contributed by atoms with Crippen LogP contribution in [0.1, 0.15) is 47.2 Å². The summed E-state index contributed by atoms with van der Waals surface area (Å²) in [7, 11) is 0. The van der Waals surface area contributed by atoms with Crippen molar-refractivity contribution in [2.45, 2.75) is 24.7 Å². The number of hydrogen-bond donors (Lipinski definition) is 0. The molecule has 0 fully saturated rings. The summed E-state index contributed by atoms with van der Waals surface area (Å²) in [5.74, 6) is 0. The van der Waals surface area contributed by atoms with Crippen LogP contribution in [0, 0.1) is 0 Å². The summed E-state index contributed by atoms with van der Waals surface area (Å²) in [6.07, 6.45) is 0. The molecule has 72 heavy (non-hydrogen) atoms. The summed E-state index contributed by atoms with van der Waals surface area (Å²) in [6.45, 7) is 4.81. The zero-order chi connectivity index (χ0) is 48.0. The summed E-state index contributed by atoms with van der Waals surface area (Å²) in [6, 6.07) is 97.2. The van der Waals surface area contributed by atoms with Crippen molar-refractivity contribution in [3.63, 3.8) is 0 Å². The van der Waals surface area contributed by atoms with Gasteiger partial charge in [-0.3, -0.25) is 0 Å². The molecular formula is C70H49NS. The van der Waals surface area contributed by atoms with Crippen molar-refractivity contribution < 1.29 is 0 Å². The summed E-state index contributed by atoms with van der Waals surface area (Å²) < 4.78 is 2.64. The van der Waals surface area contributed by atoms with Gasteiger partial charge < -0.3 is 4.90 Å². The Balaban J connectivity index is 0.942. The molecule has 11 aromatic carbocycles. The van der Waals surface area contributed by atoms with E-state index in [1.807, 2.05) is 11.3 Å². The van der Waals surface area contributed by atoms with Crippen LogP contribution < -0.4 is 4.90 Å². The molecule has 0 bridgehead atoms. The summed E-state index contributed by atoms with van der Waals surface area (Å²) in [5.41, 5.74) is 22.9. The van der Waals surface area contributed by atoms with Crippen molar-refractivity contribution in [2.75, 3.05) is 4.90 Å². The molecule has 340 valence electrons. The highest BCUT2D eigenvalue weighted by Crippen LogP contribution is 2.60. The van der Waals surface area contributed by atoms with Crippen molar-refractivity contribution >= 4 is 48.6 Å². The maximum Gasteiger partial charge on any atom is 0.0714 e. The number of benzene rings is 11. The second kappa shape index (κ2) is 16.5. The number of hydrogen-bond acceptors (Lipinski definition) is 2. The minimum atomic E-state index is -0.524. The Morgan fingerprint density at radius 1 is 0.333 bits per heavy atom. The first kappa shape index (κ1) is 42.3. The Morgan fingerprint density at radius 2 is 0.847 bits per heavy atom. The standard InChI is InChI=1S/C70H49NS/c1-69(2)63-44-50(48-34-32-47(33-35-48)46-18-6-3-7-19-46)38-42-56(63)57-43-41-54(45-64(57)69)71(53-39-36-49(37-40-53)55-26-16-27-59-58-24-13-15-31-66(58)72-68(55)59)65-30-17-29-62-67(65)60-25-12-14-28-61(60)70(62,51-20-8-4-9-21-51)52-22-10-5-11-23-52/h3-45H,1-2H3. The first-order valence-electron chi connectivity index (χ1n) is 25.1. The van der Waals surface area contributed by atoms with Crippen molar-refractivity contribution in [2.24, 2.45) is 0 Å². The average Bonchev–Trinajstić information content (AvgIpc) is 4.06. The smallest absolute Gasteiger partial charge is 0.0714 e. The van der Waals surface area contributed by atoms with Gasteiger partial charge in [-0.1, -0.05) is 232 Å². The van der Waals surface area contributed by atoms with Crippen LogP contribution in [0.4, 0.5) is 17.1 Å². The van der Waals surface area contributed by atoms with E-state index in [0.29, 0.717) is 0 Å². The SMILES string of the molecule is CC1(C)c2cc(-c3ccc(-c4ccccc4)cc3)ccc2-c2ccc(N(c3ccc(-c4cccc5c4sc4ccccc45)cc3)c3cccc4c3-c3ccccc3C4(c3ccccc3)c3ccccc3)cc21. The summed E-state index contributed by atoms with van der Waals surface area (Å²) in [5, 5.41) is 2.63. The zero-order valence-electron chi connectivity index (χ0n) is 40.2. The van der Waals surface area contributed by atoms with Gasteiger partial charge in [-0.25, -0.2) is 0 Å². The van der Waals surface area contributed by atoms with Crippen LogP contribution in [0.2, 0.25) is 0 Å². The molecule has 2 heteroatoms. The molecule has 1 aromatic heterocycles. The van der Waals surface area contributed by atoms with Gasteiger partial charge in [-0.05, 0) is 126 Å². The topological polar surface area (TPSA) is 3.24 Å². The molecule has 0 atom stereocenters. The summed E-state index contributed by atoms with van der Waals surface area (Å²) in [4.78, 5) is 2.53. The normalized spacial score (nSPS) is 13.6. The molecule has 12 aromatic rings. The van der Waals surface area contributed by atoms with E-state index < -0.39 is 5.41 Å². The molecule has 0 unspecified atom stereocenters. The van der Waals surface area contributed by atoms with E-state index in [0.717, 1.165) is 17.1 Å². The highest BCUT2D eigenvalue weighted by Gasteiger charge is 2.47. The molecule has 2 aliphatic rings. The molecule has 2 aliphatic carbocycles. The lowest BCUT2D eigenvalue weighted by molar-refractivity contribution is 0.660. The van der Waals surface area contributed by atoms with E-state index in [1.54, 1.807) is 0 Å². The molecule has 14 rings (SSSR count). The third-order valence-corrected chi connectivity index (χ3v) is 17.0. The lowest BCUT2D eigenvalue weighted by atomic mass is 9.68. The van der Waals surface area contributed by atoms with Gasteiger partial charge in [-0.15, -0.1) is 11.3 Å². The first-order chi connectivity index (χ1) is 35.5. The van der Waals surface area contributed by atoms with E-state index in [4.69, 9.17) is 0 Å². The van der Waals surface area contributed by atoms with Crippen molar-refractivity contribution in [1.82, 2.24) is 0 Å². The fourth-order valence-electron chi connectivity index (χ4n) is 12.4. The van der Waals surface area contributed by atoms with Gasteiger partial charge >= 0.3 is 0 Å². The second-order valence-electron chi connectivity index (χ2n) is 19.9. The Morgan fingerprint density at radius 3 is 1.58 bits per heavy atom. The third kappa shape index (κ3) is 6.39. The van der Waals surface area contributed by atoms with E-state index in [1.165, 1.54) is 109 Å². The average molecular weight is 936 g/mol. The van der Waals surface area contributed by atoms with Gasteiger partial charge in [0.2, 0.25) is 0 Å². The molecule has 1 nitrogen and oxygen atoms in total. The molecule has 0 spiro atoms. The van der Waals surface area contributed by atoms with Gasteiger partial charge in [0.05, 0.1) is 11.1 Å². The third-order valence-electron chi connectivity index (χ3n) is 15.8. The highest BCUT2D eigenvalue weighted by atomic mass is 32.1. The molecule has 0 saturated carbocycles. The van der Waals surface area contributed by atoms with Gasteiger partial charge in [0.15, 0.2) is 0 Å².